The fourth-order valence-electron chi connectivity index (χ4n) is 0.499. The second-order valence-corrected chi connectivity index (χ2v) is 1.74. The minimum Gasteiger partial charge on any atom is -0.0885 e. The Labute approximate surface area is 57.6 Å². The maximum atomic E-state index is 5.11. The van der Waals surface area contributed by atoms with Gasteiger partial charge in [-0.05, 0) is 12.8 Å². The van der Waals surface area contributed by atoms with Crippen molar-refractivity contribution in [1.82, 2.24) is 0 Å². The van der Waals surface area contributed by atoms with E-state index in [0.717, 1.165) is 12.8 Å². The molecule has 0 fully saturated rings. The summed E-state index contributed by atoms with van der Waals surface area (Å²) in [6.45, 7) is 7.23. The van der Waals surface area contributed by atoms with Crippen LogP contribution in [0.4, 0.5) is 0 Å². The molecule has 0 rings (SSSR count). The highest BCUT2D eigenvalue weighted by Gasteiger charge is 1.66. The smallest absolute Gasteiger partial charge is 0.0166 e. The normalized spacial score (nSPS) is 11.2. The topological polar surface area (TPSA) is 0 Å². The second kappa shape index (κ2) is 7.22. The predicted octanol–water partition coefficient (Wildman–Crippen LogP) is 2.89. The van der Waals surface area contributed by atoms with E-state index in [-0.39, 0.29) is 0 Å². The van der Waals surface area contributed by atoms with Crippen molar-refractivity contribution in [2.24, 2.45) is 0 Å². The summed E-state index contributed by atoms with van der Waals surface area (Å²) in [7, 11) is 0. The third-order valence-corrected chi connectivity index (χ3v) is 0.922. The van der Waals surface area contributed by atoms with Crippen LogP contribution in [0.5, 0.6) is 0 Å². The van der Waals surface area contributed by atoms with Crippen LogP contribution >= 0.6 is 0 Å². The minimum absolute atomic E-state index is 0.988. The molecule has 0 amide bonds. The highest BCUT2D eigenvalue weighted by Crippen LogP contribution is 1.87. The first kappa shape index (κ1) is 8.22. The standard InChI is InChI=1S/C9H13/c1-3-5-7-9-8-6-4-2/h1,3,5-8H,4,9H2,2H3/b3-1?,7-5+,8-6-. The van der Waals surface area contributed by atoms with Gasteiger partial charge >= 0.3 is 0 Å². The molecule has 0 aromatic rings. The van der Waals surface area contributed by atoms with Crippen LogP contribution in [0.15, 0.2) is 30.4 Å². The van der Waals surface area contributed by atoms with Crippen molar-refractivity contribution in [3.05, 3.63) is 37.0 Å². The molecule has 0 bridgehead atoms. The van der Waals surface area contributed by atoms with Gasteiger partial charge in [0.1, 0.15) is 0 Å². The highest BCUT2D eigenvalue weighted by atomic mass is 13.7. The Kier molecular flexibility index (Phi) is 6.59. The maximum Gasteiger partial charge on any atom is -0.0166 e. The summed E-state index contributed by atoms with van der Waals surface area (Å²) in [5.41, 5.74) is 0. The van der Waals surface area contributed by atoms with E-state index in [2.05, 4.69) is 19.1 Å². The Balaban J connectivity index is 3.17. The van der Waals surface area contributed by atoms with Gasteiger partial charge in [0.15, 0.2) is 0 Å². The van der Waals surface area contributed by atoms with Crippen molar-refractivity contribution in [2.45, 2.75) is 19.8 Å². The zero-order valence-electron chi connectivity index (χ0n) is 5.88. The van der Waals surface area contributed by atoms with Gasteiger partial charge in [-0.15, -0.1) is 0 Å². The molecule has 9 heavy (non-hydrogen) atoms. The molecule has 0 atom stereocenters. The fourth-order valence-corrected chi connectivity index (χ4v) is 0.499. The third kappa shape index (κ3) is 7.22. The summed E-state index contributed by atoms with van der Waals surface area (Å²) in [4.78, 5) is 0. The van der Waals surface area contributed by atoms with Crippen molar-refractivity contribution >= 4 is 0 Å². The molecule has 0 aliphatic heterocycles. The molecule has 0 aliphatic rings. The molecule has 0 unspecified atom stereocenters. The fraction of sp³-hybridized carbons (Fsp3) is 0.333. The Bertz CT molecular complexity index is 107. The Morgan fingerprint density at radius 1 is 1.22 bits per heavy atom. The summed E-state index contributed by atoms with van der Waals surface area (Å²) in [5.74, 6) is 0. The Hall–Kier alpha value is -0.780. The minimum atomic E-state index is 0.988. The van der Waals surface area contributed by atoms with E-state index in [0.29, 0.717) is 0 Å². The van der Waals surface area contributed by atoms with E-state index in [1.807, 2.05) is 12.2 Å². The molecule has 0 aromatic heterocycles. The lowest BCUT2D eigenvalue weighted by molar-refractivity contribution is 1.20. The van der Waals surface area contributed by atoms with Crippen molar-refractivity contribution in [1.29, 1.82) is 0 Å². The van der Waals surface area contributed by atoms with Gasteiger partial charge in [0.05, 0.1) is 0 Å². The molecule has 0 N–H and O–H groups in total. The van der Waals surface area contributed by atoms with E-state index >= 15 is 0 Å². The van der Waals surface area contributed by atoms with Crippen LogP contribution in [-0.2, 0) is 0 Å². The van der Waals surface area contributed by atoms with Crippen molar-refractivity contribution in [2.75, 3.05) is 0 Å². The summed E-state index contributed by atoms with van der Waals surface area (Å²) >= 11 is 0. The average Bonchev–Trinajstić information content (AvgIpc) is 1.89. The van der Waals surface area contributed by atoms with Crippen molar-refractivity contribution < 1.29 is 0 Å². The summed E-state index contributed by atoms with van der Waals surface area (Å²) in [6, 6.07) is 0. The van der Waals surface area contributed by atoms with Gasteiger partial charge in [-0.2, -0.15) is 0 Å². The quantitative estimate of drug-likeness (QED) is 0.396. The van der Waals surface area contributed by atoms with Crippen LogP contribution in [0, 0.1) is 6.58 Å². The molecular weight excluding hydrogens is 108 g/mol. The van der Waals surface area contributed by atoms with Crippen molar-refractivity contribution in [3.8, 4) is 0 Å². The van der Waals surface area contributed by atoms with Crippen LogP contribution in [0.1, 0.15) is 19.8 Å². The SMILES string of the molecule is [CH]=C/C=C/C/C=C\CC. The molecule has 0 aromatic carbocycles. The Morgan fingerprint density at radius 2 is 2.00 bits per heavy atom. The first-order chi connectivity index (χ1) is 4.41. The van der Waals surface area contributed by atoms with Crippen molar-refractivity contribution in [3.63, 3.8) is 0 Å². The largest absolute Gasteiger partial charge is 0.0885 e. The van der Waals surface area contributed by atoms with Gasteiger partial charge in [-0.25, -0.2) is 0 Å². The van der Waals surface area contributed by atoms with Gasteiger partial charge in [-0.3, -0.25) is 0 Å². The van der Waals surface area contributed by atoms with Crippen LogP contribution in [0.2, 0.25) is 0 Å². The highest BCUT2D eigenvalue weighted by molar-refractivity contribution is 4.99. The number of rotatable bonds is 4. The van der Waals surface area contributed by atoms with E-state index in [1.54, 1.807) is 6.08 Å². The van der Waals surface area contributed by atoms with E-state index in [4.69, 9.17) is 6.58 Å². The molecule has 0 nitrogen and oxygen atoms in total. The average molecular weight is 121 g/mol. The molecule has 0 saturated heterocycles. The third-order valence-electron chi connectivity index (χ3n) is 0.922. The van der Waals surface area contributed by atoms with Gasteiger partial charge in [0.25, 0.3) is 0 Å². The van der Waals surface area contributed by atoms with Gasteiger partial charge in [0, 0.05) is 0 Å². The number of allylic oxidation sites excluding steroid dienone is 5. The lowest BCUT2D eigenvalue weighted by atomic mass is 10.3. The second-order valence-electron chi connectivity index (χ2n) is 1.74. The summed E-state index contributed by atoms with van der Waals surface area (Å²) in [6.07, 6.45) is 11.8. The molecular formula is C9H13. The van der Waals surface area contributed by atoms with E-state index in [1.165, 1.54) is 0 Å². The van der Waals surface area contributed by atoms with Crippen LogP contribution in [0.3, 0.4) is 0 Å². The predicted molar refractivity (Wildman–Crippen MR) is 42.1 cm³/mol. The molecule has 0 aliphatic carbocycles. The summed E-state index contributed by atoms with van der Waals surface area (Å²) < 4.78 is 0. The molecule has 49 valence electrons. The summed E-state index contributed by atoms with van der Waals surface area (Å²) in [5, 5.41) is 0. The monoisotopic (exact) mass is 121 g/mol. The molecule has 0 spiro atoms. The molecule has 0 saturated carbocycles. The lowest BCUT2D eigenvalue weighted by Gasteiger charge is -1.77. The van der Waals surface area contributed by atoms with Gasteiger partial charge < -0.3 is 0 Å². The molecule has 0 heteroatoms. The van der Waals surface area contributed by atoms with E-state index < -0.39 is 0 Å². The first-order valence-corrected chi connectivity index (χ1v) is 3.27. The Morgan fingerprint density at radius 3 is 2.56 bits per heavy atom. The van der Waals surface area contributed by atoms with Gasteiger partial charge in [-0.1, -0.05) is 43.9 Å². The van der Waals surface area contributed by atoms with Crippen LogP contribution in [-0.4, -0.2) is 0 Å². The van der Waals surface area contributed by atoms with E-state index in [9.17, 15) is 0 Å². The maximum absolute atomic E-state index is 5.11. The van der Waals surface area contributed by atoms with Crippen LogP contribution in [0.25, 0.3) is 0 Å². The zero-order chi connectivity index (χ0) is 6.95. The number of hydrogen-bond acceptors (Lipinski definition) is 0. The molecule has 1 radical (unpaired) electrons. The first-order valence-electron chi connectivity index (χ1n) is 3.27. The van der Waals surface area contributed by atoms with Crippen LogP contribution < -0.4 is 0 Å². The zero-order valence-corrected chi connectivity index (χ0v) is 5.88. The molecule has 0 heterocycles. The lowest BCUT2D eigenvalue weighted by Crippen LogP contribution is -1.56. The van der Waals surface area contributed by atoms with Gasteiger partial charge in [0.2, 0.25) is 0 Å². The number of hydrogen-bond donors (Lipinski definition) is 0.